The first-order valence-corrected chi connectivity index (χ1v) is 10.8. The van der Waals surface area contributed by atoms with E-state index in [2.05, 4.69) is 16.1 Å². The molecule has 160 valence electrons. The molecule has 0 aliphatic carbocycles. The number of benzene rings is 3. The first kappa shape index (κ1) is 20.0. The number of para-hydroxylation sites is 1. The molecule has 32 heavy (non-hydrogen) atoms. The van der Waals surface area contributed by atoms with Gasteiger partial charge in [0.25, 0.3) is 5.91 Å². The van der Waals surface area contributed by atoms with Crippen LogP contribution in [0.3, 0.4) is 0 Å². The fraction of sp³-hybridized carbons (Fsp3) is 0.192. The van der Waals surface area contributed by atoms with Gasteiger partial charge in [0.15, 0.2) is 5.82 Å². The minimum absolute atomic E-state index is 0.149. The van der Waals surface area contributed by atoms with Crippen molar-refractivity contribution in [1.29, 1.82) is 0 Å². The quantitative estimate of drug-likeness (QED) is 0.493. The van der Waals surface area contributed by atoms with Crippen molar-refractivity contribution in [2.24, 2.45) is 0 Å². The van der Waals surface area contributed by atoms with Crippen molar-refractivity contribution >= 4 is 5.91 Å². The summed E-state index contributed by atoms with van der Waals surface area (Å²) >= 11 is 0. The average Bonchev–Trinajstić information content (AvgIpc) is 3.19. The van der Waals surface area contributed by atoms with E-state index in [4.69, 9.17) is 4.74 Å². The van der Waals surface area contributed by atoms with Crippen molar-refractivity contribution in [2.45, 2.75) is 12.8 Å². The van der Waals surface area contributed by atoms with Crippen LogP contribution in [0, 0.1) is 0 Å². The molecule has 1 aliphatic rings. The number of ether oxygens (including phenoxy) is 1. The van der Waals surface area contributed by atoms with E-state index in [1.165, 1.54) is 11.1 Å². The third-order valence-electron chi connectivity index (χ3n) is 5.85. The lowest BCUT2D eigenvalue weighted by Gasteiger charge is -2.18. The molecule has 2 heterocycles. The van der Waals surface area contributed by atoms with E-state index < -0.39 is 0 Å². The summed E-state index contributed by atoms with van der Waals surface area (Å²) in [4.78, 5) is 20.0. The van der Waals surface area contributed by atoms with Gasteiger partial charge in [0.1, 0.15) is 5.75 Å². The third-order valence-corrected chi connectivity index (χ3v) is 5.85. The van der Waals surface area contributed by atoms with Crippen LogP contribution >= 0.6 is 0 Å². The number of nitrogens with zero attached hydrogens (tertiary/aromatic N) is 4. The molecule has 6 nitrogen and oxygen atoms in total. The van der Waals surface area contributed by atoms with E-state index >= 15 is 0 Å². The highest BCUT2D eigenvalue weighted by molar-refractivity contribution is 5.91. The summed E-state index contributed by atoms with van der Waals surface area (Å²) in [6, 6.07) is 25.7. The van der Waals surface area contributed by atoms with Gasteiger partial charge in [-0.3, -0.25) is 4.79 Å². The molecule has 4 aromatic rings. The summed E-state index contributed by atoms with van der Waals surface area (Å²) in [6.07, 6.45) is 1.53. The van der Waals surface area contributed by atoms with Crippen LogP contribution in [0.15, 0.2) is 78.9 Å². The van der Waals surface area contributed by atoms with Crippen LogP contribution in [0.5, 0.6) is 5.75 Å². The number of hydrogen-bond acceptors (Lipinski definition) is 4. The summed E-state index contributed by atoms with van der Waals surface area (Å²) in [7, 11) is 1.69. The third kappa shape index (κ3) is 3.75. The largest absolute Gasteiger partial charge is 0.496 e. The lowest BCUT2D eigenvalue weighted by atomic mass is 10.0. The monoisotopic (exact) mass is 424 g/mol. The predicted octanol–water partition coefficient (Wildman–Crippen LogP) is 4.18. The molecule has 0 fully saturated rings. The van der Waals surface area contributed by atoms with Gasteiger partial charge in [0.2, 0.25) is 5.82 Å². The second kappa shape index (κ2) is 8.67. The molecule has 3 aromatic carbocycles. The number of carbonyl (C=O) groups is 1. The Balaban J connectivity index is 1.47. The molecule has 5 rings (SSSR count). The molecule has 0 unspecified atom stereocenters. The molecular formula is C26H24N4O2. The Morgan fingerprint density at radius 3 is 2.34 bits per heavy atom. The number of methoxy groups -OCH3 is 1. The van der Waals surface area contributed by atoms with Crippen molar-refractivity contribution < 1.29 is 9.53 Å². The van der Waals surface area contributed by atoms with Crippen molar-refractivity contribution in [3.05, 3.63) is 95.8 Å². The lowest BCUT2D eigenvalue weighted by molar-refractivity contribution is 0.0751. The first-order valence-electron chi connectivity index (χ1n) is 10.8. The zero-order valence-corrected chi connectivity index (χ0v) is 17.9. The van der Waals surface area contributed by atoms with Crippen molar-refractivity contribution in [3.8, 4) is 22.8 Å². The van der Waals surface area contributed by atoms with Crippen molar-refractivity contribution in [3.63, 3.8) is 0 Å². The van der Waals surface area contributed by atoms with Crippen LogP contribution in [0.4, 0.5) is 0 Å². The van der Waals surface area contributed by atoms with E-state index in [1.54, 1.807) is 11.8 Å². The van der Waals surface area contributed by atoms with Gasteiger partial charge in [0.05, 0.1) is 12.8 Å². The molecule has 0 N–H and O–H groups in total. The maximum absolute atomic E-state index is 13.4. The van der Waals surface area contributed by atoms with Gasteiger partial charge in [-0.25, -0.2) is 9.67 Å². The highest BCUT2D eigenvalue weighted by Gasteiger charge is 2.26. The molecule has 0 saturated heterocycles. The number of amides is 1. The number of aromatic nitrogens is 3. The van der Waals surface area contributed by atoms with Crippen molar-refractivity contribution in [2.75, 3.05) is 20.2 Å². The van der Waals surface area contributed by atoms with Gasteiger partial charge in [0, 0.05) is 18.7 Å². The van der Waals surface area contributed by atoms with Gasteiger partial charge in [-0.05, 0) is 42.2 Å². The van der Waals surface area contributed by atoms with Crippen LogP contribution in [-0.2, 0) is 12.8 Å². The average molecular weight is 425 g/mol. The SMILES string of the molecule is COc1cccc2c1CCN(C(=O)c1nc(-c3ccccc3)n(-c3ccccc3)n1)CC2. The van der Waals surface area contributed by atoms with E-state index in [1.807, 2.05) is 77.7 Å². The smallest absolute Gasteiger partial charge is 0.293 e. The van der Waals surface area contributed by atoms with E-state index in [0.29, 0.717) is 18.9 Å². The first-order chi connectivity index (χ1) is 15.7. The highest BCUT2D eigenvalue weighted by atomic mass is 16.5. The Kier molecular flexibility index (Phi) is 5.42. The summed E-state index contributed by atoms with van der Waals surface area (Å²) < 4.78 is 7.28. The zero-order chi connectivity index (χ0) is 21.9. The van der Waals surface area contributed by atoms with Crippen LogP contribution < -0.4 is 4.74 Å². The minimum atomic E-state index is -0.149. The van der Waals surface area contributed by atoms with Crippen LogP contribution in [0.1, 0.15) is 21.7 Å². The molecule has 0 radical (unpaired) electrons. The normalized spacial score (nSPS) is 13.3. The number of hydrogen-bond donors (Lipinski definition) is 0. The van der Waals surface area contributed by atoms with Crippen LogP contribution in [0.25, 0.3) is 17.1 Å². The standard InChI is InChI=1S/C26H24N4O2/c1-32-23-14-8-11-19-15-17-29(18-16-22(19)23)26(31)24-27-25(20-9-4-2-5-10-20)30(28-24)21-12-6-3-7-13-21/h2-14H,15-18H2,1H3. The van der Waals surface area contributed by atoms with Gasteiger partial charge in [-0.15, -0.1) is 5.10 Å². The number of carbonyl (C=O) groups excluding carboxylic acids is 1. The second-order valence-electron chi connectivity index (χ2n) is 7.76. The maximum atomic E-state index is 13.4. The molecular weight excluding hydrogens is 400 g/mol. The Morgan fingerprint density at radius 1 is 0.875 bits per heavy atom. The molecule has 6 heteroatoms. The fourth-order valence-corrected chi connectivity index (χ4v) is 4.20. The molecule has 0 atom stereocenters. The summed E-state index contributed by atoms with van der Waals surface area (Å²) in [6.45, 7) is 1.23. The fourth-order valence-electron chi connectivity index (χ4n) is 4.20. The van der Waals surface area contributed by atoms with Crippen LogP contribution in [0.2, 0.25) is 0 Å². The Labute approximate surface area is 187 Å². The molecule has 1 aromatic heterocycles. The molecule has 0 bridgehead atoms. The van der Waals surface area contributed by atoms with Gasteiger partial charge in [-0.1, -0.05) is 60.7 Å². The molecule has 0 saturated carbocycles. The second-order valence-corrected chi connectivity index (χ2v) is 7.76. The van der Waals surface area contributed by atoms with E-state index in [0.717, 1.165) is 29.8 Å². The topological polar surface area (TPSA) is 60.2 Å². The minimum Gasteiger partial charge on any atom is -0.496 e. The Bertz CT molecular complexity index is 1180. The molecule has 1 amide bonds. The number of fused-ring (bicyclic) bond motifs is 1. The lowest BCUT2D eigenvalue weighted by Crippen LogP contribution is -2.34. The highest BCUT2D eigenvalue weighted by Crippen LogP contribution is 2.27. The van der Waals surface area contributed by atoms with Crippen LogP contribution in [-0.4, -0.2) is 45.8 Å². The molecule has 0 spiro atoms. The zero-order valence-electron chi connectivity index (χ0n) is 17.9. The summed E-state index contributed by atoms with van der Waals surface area (Å²) in [5.74, 6) is 1.60. The van der Waals surface area contributed by atoms with Gasteiger partial charge in [-0.2, -0.15) is 0 Å². The Morgan fingerprint density at radius 2 is 1.59 bits per heavy atom. The van der Waals surface area contributed by atoms with Gasteiger partial charge >= 0.3 is 0 Å². The van der Waals surface area contributed by atoms with Gasteiger partial charge < -0.3 is 9.64 Å². The number of rotatable bonds is 4. The maximum Gasteiger partial charge on any atom is 0.293 e. The van der Waals surface area contributed by atoms with E-state index in [9.17, 15) is 4.79 Å². The predicted molar refractivity (Wildman–Crippen MR) is 123 cm³/mol. The summed E-state index contributed by atoms with van der Waals surface area (Å²) in [5, 5.41) is 4.64. The molecule has 1 aliphatic heterocycles. The summed E-state index contributed by atoms with van der Waals surface area (Å²) in [5.41, 5.74) is 4.19. The Hall–Kier alpha value is -3.93. The van der Waals surface area contributed by atoms with Crippen molar-refractivity contribution in [1.82, 2.24) is 19.7 Å². The van der Waals surface area contributed by atoms with E-state index in [-0.39, 0.29) is 11.7 Å².